The summed E-state index contributed by atoms with van der Waals surface area (Å²) < 4.78 is 0. The molecule has 0 bridgehead atoms. The molecule has 0 saturated heterocycles. The Morgan fingerprint density at radius 3 is 1.44 bits per heavy atom. The number of rotatable bonds is 6. The number of fused-ring (bicyclic) bond motifs is 6. The van der Waals surface area contributed by atoms with Crippen molar-refractivity contribution < 1.29 is 0 Å². The first-order valence-electron chi connectivity index (χ1n) is 19.4. The largest absolute Gasteiger partial charge is 0.310 e. The van der Waals surface area contributed by atoms with Gasteiger partial charge in [-0.1, -0.05) is 185 Å². The van der Waals surface area contributed by atoms with Crippen LogP contribution >= 0.6 is 0 Å². The molecule has 0 N–H and O–H groups in total. The van der Waals surface area contributed by atoms with Crippen molar-refractivity contribution in [3.63, 3.8) is 0 Å². The third-order valence-electron chi connectivity index (χ3n) is 12.3. The van der Waals surface area contributed by atoms with Gasteiger partial charge in [0.05, 0.1) is 5.69 Å². The quantitative estimate of drug-likeness (QED) is 0.166. The van der Waals surface area contributed by atoms with E-state index in [9.17, 15) is 0 Å². The van der Waals surface area contributed by atoms with Gasteiger partial charge in [-0.15, -0.1) is 0 Å². The molecule has 2 aliphatic carbocycles. The predicted molar refractivity (Wildman–Crippen MR) is 233 cm³/mol. The molecule has 0 fully saturated rings. The standard InChI is InChI=1S/C54H43N/c1-53(2)48-27-14-11-22-41(48)43-33-31-39(35-50(43)53)55(38-30-32-40(36-18-7-5-8-19-36)47(34-38)37-20-9-6-10-21-37)51-29-16-13-24-44(51)46-26-17-25-45-42-23-12-15-28-49(42)54(3,4)52(45)46/h5-35H,1-4H3. The first-order valence-corrected chi connectivity index (χ1v) is 19.4. The molecule has 1 nitrogen and oxygen atoms in total. The van der Waals surface area contributed by atoms with Gasteiger partial charge >= 0.3 is 0 Å². The van der Waals surface area contributed by atoms with E-state index in [1.807, 2.05) is 0 Å². The Bertz CT molecular complexity index is 2750. The van der Waals surface area contributed by atoms with Crippen molar-refractivity contribution in [2.24, 2.45) is 0 Å². The van der Waals surface area contributed by atoms with E-state index in [2.05, 4.69) is 221 Å². The van der Waals surface area contributed by atoms with Crippen LogP contribution in [0.3, 0.4) is 0 Å². The molecule has 8 aromatic carbocycles. The van der Waals surface area contributed by atoms with Gasteiger partial charge in [0.1, 0.15) is 0 Å². The van der Waals surface area contributed by atoms with Crippen LogP contribution in [0.15, 0.2) is 188 Å². The normalized spacial score (nSPS) is 14.1. The Hall–Kier alpha value is -6.44. The maximum absolute atomic E-state index is 2.50. The topological polar surface area (TPSA) is 3.24 Å². The third kappa shape index (κ3) is 5.14. The van der Waals surface area contributed by atoms with Crippen LogP contribution in [0, 0.1) is 0 Å². The highest BCUT2D eigenvalue weighted by molar-refractivity contribution is 5.97. The summed E-state index contributed by atoms with van der Waals surface area (Å²) in [5, 5.41) is 0. The minimum atomic E-state index is -0.151. The fraction of sp³-hybridized carbons (Fsp3) is 0.111. The molecule has 264 valence electrons. The molecule has 0 radical (unpaired) electrons. The van der Waals surface area contributed by atoms with Crippen LogP contribution in [0.25, 0.3) is 55.6 Å². The summed E-state index contributed by atoms with van der Waals surface area (Å²) in [7, 11) is 0. The van der Waals surface area contributed by atoms with Crippen molar-refractivity contribution in [1.29, 1.82) is 0 Å². The van der Waals surface area contributed by atoms with Crippen LogP contribution in [-0.4, -0.2) is 0 Å². The Labute approximate surface area is 325 Å². The van der Waals surface area contributed by atoms with E-state index in [0.29, 0.717) is 0 Å². The van der Waals surface area contributed by atoms with E-state index in [0.717, 1.165) is 17.1 Å². The summed E-state index contributed by atoms with van der Waals surface area (Å²) in [5.41, 5.74) is 21.3. The molecule has 0 amide bonds. The first-order chi connectivity index (χ1) is 26.8. The van der Waals surface area contributed by atoms with Gasteiger partial charge in [-0.25, -0.2) is 0 Å². The predicted octanol–water partition coefficient (Wildman–Crippen LogP) is 14.8. The number of hydrogen-bond donors (Lipinski definition) is 0. The highest BCUT2D eigenvalue weighted by Gasteiger charge is 2.39. The zero-order valence-electron chi connectivity index (χ0n) is 31.8. The Kier molecular flexibility index (Phi) is 7.58. The van der Waals surface area contributed by atoms with Crippen LogP contribution in [-0.2, 0) is 10.8 Å². The third-order valence-corrected chi connectivity index (χ3v) is 12.3. The molecule has 0 spiro atoms. The van der Waals surface area contributed by atoms with Gasteiger partial charge < -0.3 is 4.90 Å². The van der Waals surface area contributed by atoms with Crippen LogP contribution in [0.2, 0.25) is 0 Å². The smallest absolute Gasteiger partial charge is 0.0540 e. The van der Waals surface area contributed by atoms with E-state index < -0.39 is 0 Å². The lowest BCUT2D eigenvalue weighted by molar-refractivity contribution is 0.660. The average Bonchev–Trinajstić information content (AvgIpc) is 3.61. The summed E-state index contributed by atoms with van der Waals surface area (Å²) in [6.45, 7) is 9.51. The van der Waals surface area contributed by atoms with Gasteiger partial charge in [-0.3, -0.25) is 0 Å². The number of anilines is 3. The molecule has 0 heterocycles. The minimum Gasteiger partial charge on any atom is -0.310 e. The van der Waals surface area contributed by atoms with Gasteiger partial charge in [0.15, 0.2) is 0 Å². The molecule has 0 atom stereocenters. The van der Waals surface area contributed by atoms with Crippen LogP contribution < -0.4 is 4.90 Å². The molecule has 0 aliphatic heterocycles. The van der Waals surface area contributed by atoms with E-state index in [1.165, 1.54) is 77.9 Å². The number of hydrogen-bond acceptors (Lipinski definition) is 1. The Balaban J connectivity index is 1.23. The molecular weight excluding hydrogens is 663 g/mol. The fourth-order valence-corrected chi connectivity index (χ4v) is 9.62. The number of nitrogens with zero attached hydrogens (tertiary/aromatic N) is 1. The molecule has 1 heteroatoms. The van der Waals surface area contributed by atoms with Crippen molar-refractivity contribution in [1.82, 2.24) is 0 Å². The molecule has 8 aromatic rings. The lowest BCUT2D eigenvalue weighted by atomic mass is 9.78. The first kappa shape index (κ1) is 33.2. The van der Waals surface area contributed by atoms with Gasteiger partial charge in [-0.2, -0.15) is 0 Å². The SMILES string of the molecule is CC1(C)c2ccccc2-c2ccc(N(c3ccc(-c4ccccc4)c(-c4ccccc4)c3)c3ccccc3-c3cccc4c3C(C)(C)c3ccccc3-4)cc21. The molecule has 2 aliphatic rings. The van der Waals surface area contributed by atoms with Crippen molar-refractivity contribution in [2.45, 2.75) is 38.5 Å². The highest BCUT2D eigenvalue weighted by atomic mass is 15.1. The van der Waals surface area contributed by atoms with E-state index in [1.54, 1.807) is 0 Å². The number of benzene rings is 8. The second-order valence-electron chi connectivity index (χ2n) is 16.1. The molecule has 0 unspecified atom stereocenters. The van der Waals surface area contributed by atoms with Crippen molar-refractivity contribution in [3.8, 4) is 55.6 Å². The molecular formula is C54H43N. The van der Waals surface area contributed by atoms with Crippen molar-refractivity contribution in [3.05, 3.63) is 210 Å². The van der Waals surface area contributed by atoms with E-state index in [-0.39, 0.29) is 10.8 Å². The van der Waals surface area contributed by atoms with Gasteiger partial charge in [0, 0.05) is 27.8 Å². The molecule has 0 aromatic heterocycles. The van der Waals surface area contributed by atoms with Gasteiger partial charge in [0.25, 0.3) is 0 Å². The second kappa shape index (κ2) is 12.6. The maximum atomic E-state index is 2.50. The minimum absolute atomic E-state index is 0.129. The highest BCUT2D eigenvalue weighted by Crippen LogP contribution is 2.55. The van der Waals surface area contributed by atoms with Crippen LogP contribution in [0.5, 0.6) is 0 Å². The molecule has 10 rings (SSSR count). The van der Waals surface area contributed by atoms with Crippen LogP contribution in [0.4, 0.5) is 17.1 Å². The lowest BCUT2D eigenvalue weighted by Crippen LogP contribution is -2.18. The summed E-state index contributed by atoms with van der Waals surface area (Å²) in [6.07, 6.45) is 0. The summed E-state index contributed by atoms with van der Waals surface area (Å²) in [6, 6.07) is 69.5. The van der Waals surface area contributed by atoms with Gasteiger partial charge in [0.2, 0.25) is 0 Å². The molecule has 55 heavy (non-hydrogen) atoms. The van der Waals surface area contributed by atoms with E-state index in [4.69, 9.17) is 0 Å². The van der Waals surface area contributed by atoms with E-state index >= 15 is 0 Å². The Morgan fingerprint density at radius 2 is 0.764 bits per heavy atom. The summed E-state index contributed by atoms with van der Waals surface area (Å²) in [5.74, 6) is 0. The maximum Gasteiger partial charge on any atom is 0.0540 e. The second-order valence-corrected chi connectivity index (χ2v) is 16.1. The van der Waals surface area contributed by atoms with Gasteiger partial charge in [-0.05, 0) is 103 Å². The number of para-hydroxylation sites is 1. The Morgan fingerprint density at radius 1 is 0.309 bits per heavy atom. The van der Waals surface area contributed by atoms with Crippen molar-refractivity contribution >= 4 is 17.1 Å². The van der Waals surface area contributed by atoms with Crippen molar-refractivity contribution in [2.75, 3.05) is 4.90 Å². The lowest BCUT2D eigenvalue weighted by Gasteiger charge is -2.32. The zero-order chi connectivity index (χ0) is 37.3. The fourth-order valence-electron chi connectivity index (χ4n) is 9.62. The summed E-state index contributed by atoms with van der Waals surface area (Å²) >= 11 is 0. The average molecular weight is 706 g/mol. The summed E-state index contributed by atoms with van der Waals surface area (Å²) in [4.78, 5) is 2.50. The van der Waals surface area contributed by atoms with Crippen LogP contribution in [0.1, 0.15) is 49.9 Å². The zero-order valence-corrected chi connectivity index (χ0v) is 31.8. The molecule has 0 saturated carbocycles. The monoisotopic (exact) mass is 705 g/mol.